The van der Waals surface area contributed by atoms with E-state index < -0.39 is 0 Å². The Labute approximate surface area is 97.9 Å². The standard InChI is InChI=1S/C11H11ClN2O2/c1-15-8-5-7(12)10(16-2)9-6(8)3-4-14-11(9)13/h3-5H,1-2H3,(H2,13,14). The first-order valence-corrected chi connectivity index (χ1v) is 5.01. The lowest BCUT2D eigenvalue weighted by Gasteiger charge is -2.12. The van der Waals surface area contributed by atoms with Gasteiger partial charge in [-0.2, -0.15) is 0 Å². The average molecular weight is 239 g/mol. The Morgan fingerprint density at radius 2 is 2.06 bits per heavy atom. The zero-order valence-corrected chi connectivity index (χ0v) is 9.71. The van der Waals surface area contributed by atoms with E-state index in [9.17, 15) is 0 Å². The van der Waals surface area contributed by atoms with Gasteiger partial charge >= 0.3 is 0 Å². The van der Waals surface area contributed by atoms with Gasteiger partial charge in [0, 0.05) is 17.6 Å². The molecule has 2 N–H and O–H groups in total. The average Bonchev–Trinajstić information content (AvgIpc) is 2.29. The molecule has 0 aliphatic carbocycles. The smallest absolute Gasteiger partial charge is 0.149 e. The number of nitrogens with two attached hydrogens (primary N) is 1. The van der Waals surface area contributed by atoms with Crippen molar-refractivity contribution in [3.63, 3.8) is 0 Å². The van der Waals surface area contributed by atoms with Crippen molar-refractivity contribution in [3.05, 3.63) is 23.4 Å². The second kappa shape index (κ2) is 4.06. The highest BCUT2D eigenvalue weighted by atomic mass is 35.5. The Hall–Kier alpha value is -1.68. The van der Waals surface area contributed by atoms with Crippen molar-refractivity contribution in [1.29, 1.82) is 0 Å². The number of aromatic nitrogens is 1. The highest BCUT2D eigenvalue weighted by molar-refractivity contribution is 6.34. The van der Waals surface area contributed by atoms with Crippen molar-refractivity contribution < 1.29 is 9.47 Å². The third-order valence-corrected chi connectivity index (χ3v) is 2.65. The van der Waals surface area contributed by atoms with Gasteiger partial charge in [0.25, 0.3) is 0 Å². The Balaban J connectivity index is 2.94. The normalized spacial score (nSPS) is 10.4. The third-order valence-electron chi connectivity index (χ3n) is 2.37. The van der Waals surface area contributed by atoms with Gasteiger partial charge in [-0.3, -0.25) is 0 Å². The second-order valence-electron chi connectivity index (χ2n) is 3.21. The van der Waals surface area contributed by atoms with E-state index >= 15 is 0 Å². The molecule has 0 atom stereocenters. The molecule has 0 radical (unpaired) electrons. The van der Waals surface area contributed by atoms with Gasteiger partial charge in [-0.15, -0.1) is 0 Å². The number of nitrogen functional groups attached to an aromatic ring is 1. The largest absolute Gasteiger partial charge is 0.496 e. The van der Waals surface area contributed by atoms with Crippen molar-refractivity contribution in [2.75, 3.05) is 20.0 Å². The Bertz CT molecular complexity index is 543. The van der Waals surface area contributed by atoms with Crippen LogP contribution in [0.1, 0.15) is 0 Å². The van der Waals surface area contributed by atoms with Crippen LogP contribution in [0.3, 0.4) is 0 Å². The van der Waals surface area contributed by atoms with Gasteiger partial charge in [0.15, 0.2) is 0 Å². The van der Waals surface area contributed by atoms with E-state index in [1.807, 2.05) is 6.07 Å². The molecule has 0 aliphatic heterocycles. The van der Waals surface area contributed by atoms with Crippen LogP contribution in [-0.2, 0) is 0 Å². The molecule has 2 aromatic rings. The quantitative estimate of drug-likeness (QED) is 0.873. The molecule has 5 heteroatoms. The summed E-state index contributed by atoms with van der Waals surface area (Å²) in [4.78, 5) is 4.02. The molecule has 84 valence electrons. The fourth-order valence-electron chi connectivity index (χ4n) is 1.67. The summed E-state index contributed by atoms with van der Waals surface area (Å²) in [5.41, 5.74) is 5.82. The van der Waals surface area contributed by atoms with Gasteiger partial charge in [0.1, 0.15) is 17.3 Å². The summed E-state index contributed by atoms with van der Waals surface area (Å²) in [7, 11) is 3.12. The predicted octanol–water partition coefficient (Wildman–Crippen LogP) is 2.49. The summed E-state index contributed by atoms with van der Waals surface area (Å²) in [5.74, 6) is 1.54. The Kier molecular flexibility index (Phi) is 2.75. The number of hydrogen-bond donors (Lipinski definition) is 1. The number of rotatable bonds is 2. The fraction of sp³-hybridized carbons (Fsp3) is 0.182. The first-order valence-electron chi connectivity index (χ1n) is 4.63. The number of ether oxygens (including phenoxy) is 2. The lowest BCUT2D eigenvalue weighted by atomic mass is 10.1. The summed E-state index contributed by atoms with van der Waals surface area (Å²) in [6.45, 7) is 0. The molecule has 0 aliphatic rings. The number of benzene rings is 1. The molecule has 16 heavy (non-hydrogen) atoms. The van der Waals surface area contributed by atoms with E-state index in [1.165, 1.54) is 0 Å². The van der Waals surface area contributed by atoms with Crippen LogP contribution < -0.4 is 15.2 Å². The maximum atomic E-state index is 6.07. The first-order chi connectivity index (χ1) is 7.69. The van der Waals surface area contributed by atoms with Crippen LogP contribution in [0.25, 0.3) is 10.8 Å². The fourth-order valence-corrected chi connectivity index (χ4v) is 1.94. The molecule has 2 rings (SSSR count). The topological polar surface area (TPSA) is 57.4 Å². The first kappa shape index (κ1) is 10.8. The summed E-state index contributed by atoms with van der Waals surface area (Å²) in [6, 6.07) is 3.51. The second-order valence-corrected chi connectivity index (χ2v) is 3.62. The zero-order valence-electron chi connectivity index (χ0n) is 8.95. The van der Waals surface area contributed by atoms with E-state index in [-0.39, 0.29) is 0 Å². The number of anilines is 1. The molecule has 1 heterocycles. The molecule has 0 saturated carbocycles. The lowest BCUT2D eigenvalue weighted by molar-refractivity contribution is 0.410. The van der Waals surface area contributed by atoms with Crippen LogP contribution in [0, 0.1) is 0 Å². The molecular weight excluding hydrogens is 228 g/mol. The summed E-state index contributed by atoms with van der Waals surface area (Å²) < 4.78 is 10.5. The Morgan fingerprint density at radius 1 is 1.31 bits per heavy atom. The summed E-state index contributed by atoms with van der Waals surface area (Å²) in [6.07, 6.45) is 1.62. The summed E-state index contributed by atoms with van der Waals surface area (Å²) >= 11 is 6.07. The number of pyridine rings is 1. The van der Waals surface area contributed by atoms with Crippen LogP contribution in [-0.4, -0.2) is 19.2 Å². The SMILES string of the molecule is COc1cc(Cl)c(OC)c2c(N)nccc12. The molecule has 0 unspecified atom stereocenters. The zero-order chi connectivity index (χ0) is 11.7. The summed E-state index contributed by atoms with van der Waals surface area (Å²) in [5, 5.41) is 1.96. The van der Waals surface area contributed by atoms with Crippen molar-refractivity contribution in [2.24, 2.45) is 0 Å². The molecule has 0 spiro atoms. The third kappa shape index (κ3) is 1.51. The van der Waals surface area contributed by atoms with Crippen LogP contribution in [0.15, 0.2) is 18.3 Å². The van der Waals surface area contributed by atoms with Gasteiger partial charge in [0.05, 0.1) is 24.6 Å². The lowest BCUT2D eigenvalue weighted by Crippen LogP contribution is -1.96. The molecule has 0 saturated heterocycles. The maximum Gasteiger partial charge on any atom is 0.149 e. The monoisotopic (exact) mass is 238 g/mol. The van der Waals surface area contributed by atoms with Crippen LogP contribution in [0.4, 0.5) is 5.82 Å². The molecule has 4 nitrogen and oxygen atoms in total. The molecule has 1 aromatic heterocycles. The van der Waals surface area contributed by atoms with Crippen LogP contribution in [0.2, 0.25) is 5.02 Å². The van der Waals surface area contributed by atoms with Crippen molar-refractivity contribution >= 4 is 28.2 Å². The number of fused-ring (bicyclic) bond motifs is 1. The van der Waals surface area contributed by atoms with E-state index in [2.05, 4.69) is 4.98 Å². The van der Waals surface area contributed by atoms with E-state index in [4.69, 9.17) is 26.8 Å². The van der Waals surface area contributed by atoms with E-state index in [1.54, 1.807) is 26.5 Å². The molecular formula is C11H11ClN2O2. The predicted molar refractivity (Wildman–Crippen MR) is 64.3 cm³/mol. The highest BCUT2D eigenvalue weighted by Gasteiger charge is 2.14. The number of methoxy groups -OCH3 is 2. The van der Waals surface area contributed by atoms with E-state index in [0.29, 0.717) is 27.7 Å². The van der Waals surface area contributed by atoms with Gasteiger partial charge in [-0.1, -0.05) is 11.6 Å². The van der Waals surface area contributed by atoms with E-state index in [0.717, 1.165) is 5.39 Å². The molecule has 0 amide bonds. The molecule has 0 fully saturated rings. The van der Waals surface area contributed by atoms with Crippen LogP contribution in [0.5, 0.6) is 11.5 Å². The number of nitrogens with zero attached hydrogens (tertiary/aromatic N) is 1. The number of hydrogen-bond acceptors (Lipinski definition) is 4. The van der Waals surface area contributed by atoms with Gasteiger partial charge in [-0.05, 0) is 6.07 Å². The molecule has 1 aromatic carbocycles. The minimum absolute atomic E-state index is 0.371. The minimum Gasteiger partial charge on any atom is -0.496 e. The van der Waals surface area contributed by atoms with Crippen molar-refractivity contribution in [2.45, 2.75) is 0 Å². The number of halogens is 1. The minimum atomic E-state index is 0.371. The van der Waals surface area contributed by atoms with Gasteiger partial charge < -0.3 is 15.2 Å². The van der Waals surface area contributed by atoms with Gasteiger partial charge in [-0.25, -0.2) is 4.98 Å². The van der Waals surface area contributed by atoms with Crippen molar-refractivity contribution in [1.82, 2.24) is 4.98 Å². The highest BCUT2D eigenvalue weighted by Crippen LogP contribution is 2.41. The van der Waals surface area contributed by atoms with Crippen molar-refractivity contribution in [3.8, 4) is 11.5 Å². The Morgan fingerprint density at radius 3 is 2.69 bits per heavy atom. The van der Waals surface area contributed by atoms with Crippen LogP contribution >= 0.6 is 11.6 Å². The van der Waals surface area contributed by atoms with Gasteiger partial charge in [0.2, 0.25) is 0 Å². The maximum absolute atomic E-state index is 6.07. The molecule has 0 bridgehead atoms.